The summed E-state index contributed by atoms with van der Waals surface area (Å²) in [7, 11) is 0. The molecule has 0 N–H and O–H groups in total. The van der Waals surface area contributed by atoms with E-state index < -0.39 is 0 Å². The van der Waals surface area contributed by atoms with Crippen molar-refractivity contribution < 1.29 is 0 Å². The van der Waals surface area contributed by atoms with Crippen LogP contribution in [-0.4, -0.2) is 0 Å². The van der Waals surface area contributed by atoms with Crippen LogP contribution in [0, 0.1) is 5.92 Å². The van der Waals surface area contributed by atoms with Crippen molar-refractivity contribution in [3.63, 3.8) is 0 Å². The first-order valence-corrected chi connectivity index (χ1v) is 6.67. The van der Waals surface area contributed by atoms with E-state index in [0.29, 0.717) is 11.3 Å². The standard InChI is InChI=1S/C16H24/c1-12(2)14-6-8-15(9-7-14)16(13(3)4)10-5-11-16/h6-9,12-13H,5,10-11H2,1-4H3. The van der Waals surface area contributed by atoms with Crippen molar-refractivity contribution in [2.24, 2.45) is 5.92 Å². The molecule has 2 rings (SSSR count). The van der Waals surface area contributed by atoms with Crippen LogP contribution in [0.15, 0.2) is 24.3 Å². The summed E-state index contributed by atoms with van der Waals surface area (Å²) in [5, 5.41) is 0. The molecule has 0 saturated heterocycles. The molecular weight excluding hydrogens is 192 g/mol. The van der Waals surface area contributed by atoms with Gasteiger partial charge >= 0.3 is 0 Å². The third kappa shape index (κ3) is 1.79. The van der Waals surface area contributed by atoms with E-state index in [4.69, 9.17) is 0 Å². The van der Waals surface area contributed by atoms with Gasteiger partial charge in [0.05, 0.1) is 0 Å². The van der Waals surface area contributed by atoms with Gasteiger partial charge in [-0.15, -0.1) is 0 Å². The average molecular weight is 216 g/mol. The van der Waals surface area contributed by atoms with Crippen LogP contribution in [0.3, 0.4) is 0 Å². The molecule has 0 aliphatic heterocycles. The Hall–Kier alpha value is -0.780. The van der Waals surface area contributed by atoms with Crippen molar-refractivity contribution in [2.75, 3.05) is 0 Å². The van der Waals surface area contributed by atoms with Gasteiger partial charge in [-0.2, -0.15) is 0 Å². The number of hydrogen-bond donors (Lipinski definition) is 0. The number of rotatable bonds is 3. The lowest BCUT2D eigenvalue weighted by Gasteiger charge is -2.46. The minimum Gasteiger partial charge on any atom is -0.0619 e. The van der Waals surface area contributed by atoms with Crippen molar-refractivity contribution in [3.8, 4) is 0 Å². The largest absolute Gasteiger partial charge is 0.0619 e. The zero-order valence-electron chi connectivity index (χ0n) is 11.1. The molecule has 0 unspecified atom stereocenters. The molecule has 16 heavy (non-hydrogen) atoms. The van der Waals surface area contributed by atoms with Crippen LogP contribution >= 0.6 is 0 Å². The Morgan fingerprint density at radius 3 is 1.81 bits per heavy atom. The normalized spacial score (nSPS) is 18.9. The Balaban J connectivity index is 2.27. The fraction of sp³-hybridized carbons (Fsp3) is 0.625. The van der Waals surface area contributed by atoms with E-state index in [1.165, 1.54) is 24.8 Å². The Morgan fingerprint density at radius 2 is 1.50 bits per heavy atom. The third-order valence-electron chi connectivity index (χ3n) is 4.50. The summed E-state index contributed by atoms with van der Waals surface area (Å²) < 4.78 is 0. The number of benzene rings is 1. The Bertz CT molecular complexity index is 339. The fourth-order valence-electron chi connectivity index (χ4n) is 2.96. The van der Waals surface area contributed by atoms with Crippen molar-refractivity contribution in [3.05, 3.63) is 35.4 Å². The van der Waals surface area contributed by atoms with E-state index in [1.807, 2.05) is 0 Å². The Labute approximate surface area is 100 Å². The van der Waals surface area contributed by atoms with Crippen LogP contribution < -0.4 is 0 Å². The van der Waals surface area contributed by atoms with E-state index in [-0.39, 0.29) is 0 Å². The SMILES string of the molecule is CC(C)c1ccc(C2(C(C)C)CCC2)cc1. The second kappa shape index (κ2) is 4.24. The lowest BCUT2D eigenvalue weighted by atomic mass is 9.58. The fourth-order valence-corrected chi connectivity index (χ4v) is 2.96. The smallest absolute Gasteiger partial charge is 0.00240 e. The Morgan fingerprint density at radius 1 is 0.938 bits per heavy atom. The predicted octanol–water partition coefficient (Wildman–Crippen LogP) is 4.89. The topological polar surface area (TPSA) is 0 Å². The van der Waals surface area contributed by atoms with Crippen LogP contribution in [0.2, 0.25) is 0 Å². The van der Waals surface area contributed by atoms with Crippen LogP contribution in [0.5, 0.6) is 0 Å². The van der Waals surface area contributed by atoms with Gasteiger partial charge in [0.1, 0.15) is 0 Å². The predicted molar refractivity (Wildman–Crippen MR) is 70.9 cm³/mol. The van der Waals surface area contributed by atoms with Crippen LogP contribution in [0.1, 0.15) is 64.0 Å². The maximum atomic E-state index is 2.37. The molecule has 0 heterocycles. The van der Waals surface area contributed by atoms with Crippen molar-refractivity contribution in [1.29, 1.82) is 0 Å². The molecule has 1 fully saturated rings. The molecule has 1 saturated carbocycles. The lowest BCUT2D eigenvalue weighted by molar-refractivity contribution is 0.169. The van der Waals surface area contributed by atoms with Gasteiger partial charge in [-0.05, 0) is 41.2 Å². The molecule has 0 radical (unpaired) electrons. The monoisotopic (exact) mass is 216 g/mol. The zero-order valence-corrected chi connectivity index (χ0v) is 11.1. The second-order valence-electron chi connectivity index (χ2n) is 5.94. The molecule has 0 bridgehead atoms. The van der Waals surface area contributed by atoms with Gasteiger partial charge in [-0.3, -0.25) is 0 Å². The summed E-state index contributed by atoms with van der Waals surface area (Å²) in [6.07, 6.45) is 4.17. The van der Waals surface area contributed by atoms with Crippen molar-refractivity contribution in [2.45, 2.75) is 58.3 Å². The average Bonchev–Trinajstić information content (AvgIpc) is 2.16. The number of hydrogen-bond acceptors (Lipinski definition) is 0. The maximum Gasteiger partial charge on any atom is -0.00240 e. The minimum absolute atomic E-state index is 0.496. The summed E-state index contributed by atoms with van der Waals surface area (Å²) in [4.78, 5) is 0. The van der Waals surface area contributed by atoms with Gasteiger partial charge in [-0.1, -0.05) is 58.4 Å². The van der Waals surface area contributed by atoms with Gasteiger partial charge in [0.15, 0.2) is 0 Å². The summed E-state index contributed by atoms with van der Waals surface area (Å²) in [5.74, 6) is 1.41. The molecule has 0 nitrogen and oxygen atoms in total. The van der Waals surface area contributed by atoms with E-state index in [0.717, 1.165) is 5.92 Å². The minimum atomic E-state index is 0.496. The third-order valence-corrected chi connectivity index (χ3v) is 4.50. The highest BCUT2D eigenvalue weighted by molar-refractivity contribution is 5.32. The molecule has 0 heteroatoms. The van der Waals surface area contributed by atoms with Crippen molar-refractivity contribution >= 4 is 0 Å². The molecule has 1 aromatic rings. The first-order chi connectivity index (χ1) is 7.56. The van der Waals surface area contributed by atoms with Gasteiger partial charge in [0.2, 0.25) is 0 Å². The van der Waals surface area contributed by atoms with E-state index >= 15 is 0 Å². The summed E-state index contributed by atoms with van der Waals surface area (Å²) in [6.45, 7) is 9.26. The highest BCUT2D eigenvalue weighted by atomic mass is 14.4. The quantitative estimate of drug-likeness (QED) is 0.675. The molecule has 0 atom stereocenters. The Kier molecular flexibility index (Phi) is 3.10. The van der Waals surface area contributed by atoms with Gasteiger partial charge < -0.3 is 0 Å². The van der Waals surface area contributed by atoms with E-state index in [9.17, 15) is 0 Å². The molecule has 0 amide bonds. The molecular formula is C16H24. The molecule has 0 spiro atoms. The molecule has 0 aromatic heterocycles. The second-order valence-corrected chi connectivity index (χ2v) is 5.94. The van der Waals surface area contributed by atoms with Gasteiger partial charge in [-0.25, -0.2) is 0 Å². The summed E-state index contributed by atoms with van der Waals surface area (Å²) in [5.41, 5.74) is 3.52. The lowest BCUT2D eigenvalue weighted by Crippen LogP contribution is -2.39. The van der Waals surface area contributed by atoms with Gasteiger partial charge in [0.25, 0.3) is 0 Å². The highest BCUT2D eigenvalue weighted by Crippen LogP contribution is 2.49. The molecule has 1 aromatic carbocycles. The van der Waals surface area contributed by atoms with E-state index in [1.54, 1.807) is 5.56 Å². The zero-order chi connectivity index (χ0) is 11.8. The highest BCUT2D eigenvalue weighted by Gasteiger charge is 2.41. The van der Waals surface area contributed by atoms with E-state index in [2.05, 4.69) is 52.0 Å². The van der Waals surface area contributed by atoms with Gasteiger partial charge in [0, 0.05) is 0 Å². The van der Waals surface area contributed by atoms with Crippen molar-refractivity contribution in [1.82, 2.24) is 0 Å². The molecule has 1 aliphatic rings. The molecule has 88 valence electrons. The van der Waals surface area contributed by atoms with Crippen LogP contribution in [0.25, 0.3) is 0 Å². The molecule has 1 aliphatic carbocycles. The van der Waals surface area contributed by atoms with Crippen LogP contribution in [-0.2, 0) is 5.41 Å². The first-order valence-electron chi connectivity index (χ1n) is 6.67. The maximum absolute atomic E-state index is 2.37. The first kappa shape index (κ1) is 11.7. The van der Waals surface area contributed by atoms with Crippen LogP contribution in [0.4, 0.5) is 0 Å². The summed E-state index contributed by atoms with van der Waals surface area (Å²) in [6, 6.07) is 9.38. The summed E-state index contributed by atoms with van der Waals surface area (Å²) >= 11 is 0.